The van der Waals surface area contributed by atoms with Gasteiger partial charge in [0.25, 0.3) is 0 Å². The van der Waals surface area contributed by atoms with Crippen molar-refractivity contribution >= 4 is 17.7 Å². The van der Waals surface area contributed by atoms with Crippen LogP contribution in [0.25, 0.3) is 0 Å². The maximum absolute atomic E-state index is 10.7. The largest absolute Gasteiger partial charge is 0.508 e. The van der Waals surface area contributed by atoms with Gasteiger partial charge in [0.2, 0.25) is 0 Å². The van der Waals surface area contributed by atoms with Crippen LogP contribution in [0.15, 0.2) is 24.3 Å². The highest BCUT2D eigenvalue weighted by Crippen LogP contribution is 2.20. The third-order valence-corrected chi connectivity index (χ3v) is 2.17. The molecular weight excluding hydrogens is 222 g/mol. The van der Waals surface area contributed by atoms with Crippen LogP contribution in [0.1, 0.15) is 11.7 Å². The molecule has 0 spiro atoms. The van der Waals surface area contributed by atoms with Crippen LogP contribution in [0.4, 0.5) is 0 Å². The molecule has 2 unspecified atom stereocenters. The molecule has 0 aliphatic carbocycles. The Morgan fingerprint density at radius 1 is 1.33 bits per heavy atom. The lowest BCUT2D eigenvalue weighted by Gasteiger charge is -2.17. The molecule has 0 saturated carbocycles. The highest BCUT2D eigenvalue weighted by atomic mass is 35.5. The summed E-state index contributed by atoms with van der Waals surface area (Å²) in [6.45, 7) is 0. The number of nitrogens with one attached hydrogen (secondary N) is 1. The van der Waals surface area contributed by atoms with Crippen molar-refractivity contribution in [2.24, 2.45) is 0 Å². The number of aliphatic hydroxyl groups is 1. The molecule has 1 aromatic rings. The summed E-state index contributed by atoms with van der Waals surface area (Å²) >= 11 is 5.20. The summed E-state index contributed by atoms with van der Waals surface area (Å²) in [6.07, 6.45) is -1.28. The van der Waals surface area contributed by atoms with E-state index in [4.69, 9.17) is 22.0 Å². The van der Waals surface area contributed by atoms with Crippen molar-refractivity contribution in [1.82, 2.24) is 4.84 Å². The number of phenols is 1. The second-order valence-electron chi connectivity index (χ2n) is 2.96. The Morgan fingerprint density at radius 2 is 1.87 bits per heavy atom. The van der Waals surface area contributed by atoms with E-state index in [1.54, 1.807) is 0 Å². The molecule has 4 N–H and O–H groups in total. The van der Waals surface area contributed by atoms with Gasteiger partial charge in [0.15, 0.2) is 0 Å². The van der Waals surface area contributed by atoms with Crippen LogP contribution in [0.5, 0.6) is 5.75 Å². The van der Waals surface area contributed by atoms with Gasteiger partial charge < -0.3 is 15.3 Å². The summed E-state index contributed by atoms with van der Waals surface area (Å²) in [5.41, 5.74) is 0.355. The second kappa shape index (κ2) is 4.97. The fraction of sp³-hybridized carbons (Fsp3) is 0.222. The van der Waals surface area contributed by atoms with Crippen LogP contribution in [0.3, 0.4) is 0 Å². The predicted molar refractivity (Wildman–Crippen MR) is 53.5 cm³/mol. The second-order valence-corrected chi connectivity index (χ2v) is 3.18. The van der Waals surface area contributed by atoms with Crippen LogP contribution >= 0.6 is 11.8 Å². The van der Waals surface area contributed by atoms with E-state index in [-0.39, 0.29) is 5.75 Å². The van der Waals surface area contributed by atoms with Gasteiger partial charge in [-0.3, -0.25) is 4.79 Å². The van der Waals surface area contributed by atoms with Crippen molar-refractivity contribution in [2.75, 3.05) is 0 Å². The van der Waals surface area contributed by atoms with Crippen LogP contribution in [0.2, 0.25) is 0 Å². The van der Waals surface area contributed by atoms with Crippen molar-refractivity contribution in [3.63, 3.8) is 0 Å². The van der Waals surface area contributed by atoms with E-state index >= 15 is 0 Å². The zero-order chi connectivity index (χ0) is 11.4. The van der Waals surface area contributed by atoms with Gasteiger partial charge in [-0.05, 0) is 29.5 Å². The molecule has 1 aromatic carbocycles. The monoisotopic (exact) mass is 231 g/mol. The van der Waals surface area contributed by atoms with Gasteiger partial charge in [-0.15, -0.1) is 0 Å². The molecule has 0 heterocycles. The van der Waals surface area contributed by atoms with Crippen molar-refractivity contribution in [3.05, 3.63) is 29.8 Å². The van der Waals surface area contributed by atoms with E-state index in [9.17, 15) is 9.90 Å². The summed E-state index contributed by atoms with van der Waals surface area (Å²) in [4.78, 5) is 12.6. The molecule has 0 radical (unpaired) electrons. The number of aliphatic carboxylic acids is 1. The van der Waals surface area contributed by atoms with E-state index in [2.05, 4.69) is 0 Å². The third-order valence-electron chi connectivity index (χ3n) is 1.93. The average molecular weight is 232 g/mol. The van der Waals surface area contributed by atoms with Crippen molar-refractivity contribution < 1.29 is 20.1 Å². The first-order valence-electron chi connectivity index (χ1n) is 4.12. The molecule has 15 heavy (non-hydrogen) atoms. The normalized spacial score (nSPS) is 14.5. The summed E-state index contributed by atoms with van der Waals surface area (Å²) in [7, 11) is 0. The highest BCUT2D eigenvalue weighted by molar-refractivity contribution is 6.14. The standard InChI is InChI=1S/C9H10ClNO4/c10-11-7(9(14)15)8(13)5-1-3-6(12)4-2-5/h1-4,7-8,11-13H,(H,14,15). The lowest BCUT2D eigenvalue weighted by Crippen LogP contribution is -2.36. The number of hydrogen-bond donors (Lipinski definition) is 4. The zero-order valence-electron chi connectivity index (χ0n) is 7.59. The molecule has 0 aliphatic heterocycles. The minimum atomic E-state index is -1.30. The number of benzene rings is 1. The molecule has 0 aliphatic rings. The van der Waals surface area contributed by atoms with E-state index in [1.165, 1.54) is 24.3 Å². The average Bonchev–Trinajstić information content (AvgIpc) is 2.19. The number of aromatic hydroxyl groups is 1. The fourth-order valence-electron chi connectivity index (χ4n) is 1.11. The number of rotatable bonds is 4. The Kier molecular flexibility index (Phi) is 3.90. The SMILES string of the molecule is O=C(O)C(NCl)C(O)c1ccc(O)cc1. The van der Waals surface area contributed by atoms with Gasteiger partial charge in [-0.1, -0.05) is 12.1 Å². The molecule has 1 rings (SSSR count). The fourth-order valence-corrected chi connectivity index (χ4v) is 1.32. The molecule has 82 valence electrons. The molecule has 0 fully saturated rings. The quantitative estimate of drug-likeness (QED) is 0.571. The van der Waals surface area contributed by atoms with Gasteiger partial charge in [-0.25, -0.2) is 4.84 Å². The maximum atomic E-state index is 10.7. The molecule has 0 saturated heterocycles. The number of aliphatic hydroxyl groups excluding tert-OH is 1. The molecular formula is C9H10ClNO4. The molecule has 6 heteroatoms. The molecule has 0 bridgehead atoms. The minimum Gasteiger partial charge on any atom is -0.508 e. The number of hydrogen-bond acceptors (Lipinski definition) is 4. The van der Waals surface area contributed by atoms with Gasteiger partial charge >= 0.3 is 5.97 Å². The number of phenolic OH excluding ortho intramolecular Hbond substituents is 1. The van der Waals surface area contributed by atoms with Gasteiger partial charge in [0, 0.05) is 0 Å². The van der Waals surface area contributed by atoms with E-state index in [0.29, 0.717) is 5.56 Å². The number of carboxylic acid groups (broad SMARTS) is 1. The summed E-state index contributed by atoms with van der Waals surface area (Å²) in [5, 5.41) is 27.3. The smallest absolute Gasteiger partial charge is 0.325 e. The van der Waals surface area contributed by atoms with E-state index in [1.807, 2.05) is 4.84 Å². The minimum absolute atomic E-state index is 0.0386. The van der Waals surface area contributed by atoms with Gasteiger partial charge in [-0.2, -0.15) is 0 Å². The molecule has 0 amide bonds. The first kappa shape index (κ1) is 11.8. The maximum Gasteiger partial charge on any atom is 0.325 e. The first-order valence-corrected chi connectivity index (χ1v) is 4.50. The van der Waals surface area contributed by atoms with E-state index in [0.717, 1.165) is 0 Å². The van der Waals surface area contributed by atoms with Crippen molar-refractivity contribution in [3.8, 4) is 5.75 Å². The predicted octanol–water partition coefficient (Wildman–Crippen LogP) is 0.622. The van der Waals surface area contributed by atoms with Crippen LogP contribution < -0.4 is 4.84 Å². The van der Waals surface area contributed by atoms with E-state index < -0.39 is 18.1 Å². The molecule has 0 aromatic heterocycles. The Bertz CT molecular complexity index is 340. The topological polar surface area (TPSA) is 89.8 Å². The summed E-state index contributed by atoms with van der Waals surface area (Å²) in [5.74, 6) is -1.22. The molecule has 5 nitrogen and oxygen atoms in total. The number of carboxylic acids is 1. The Morgan fingerprint density at radius 3 is 2.27 bits per heavy atom. The molecule has 2 atom stereocenters. The zero-order valence-corrected chi connectivity index (χ0v) is 8.35. The summed E-state index contributed by atoms with van der Waals surface area (Å²) < 4.78 is 0. The van der Waals surface area contributed by atoms with Crippen LogP contribution in [-0.2, 0) is 4.79 Å². The first-order chi connectivity index (χ1) is 7.06. The Balaban J connectivity index is 2.87. The lowest BCUT2D eigenvalue weighted by molar-refractivity contribution is -0.141. The van der Waals surface area contributed by atoms with Gasteiger partial charge in [0.1, 0.15) is 17.9 Å². The van der Waals surface area contributed by atoms with Gasteiger partial charge in [0.05, 0.1) is 0 Å². The number of carbonyl (C=O) groups is 1. The Labute approximate surface area is 91.0 Å². The Hall–Kier alpha value is -1.30. The van der Waals surface area contributed by atoms with Crippen LogP contribution in [-0.4, -0.2) is 27.3 Å². The van der Waals surface area contributed by atoms with Crippen LogP contribution in [0, 0.1) is 0 Å². The number of halogens is 1. The van der Waals surface area contributed by atoms with Crippen molar-refractivity contribution in [1.29, 1.82) is 0 Å². The lowest BCUT2D eigenvalue weighted by atomic mass is 10.0. The summed E-state index contributed by atoms with van der Waals surface area (Å²) in [6, 6.07) is 4.25. The third kappa shape index (κ3) is 2.82. The highest BCUT2D eigenvalue weighted by Gasteiger charge is 2.26. The van der Waals surface area contributed by atoms with Crippen molar-refractivity contribution in [2.45, 2.75) is 12.1 Å².